The Balaban J connectivity index is 2.72. The summed E-state index contributed by atoms with van der Waals surface area (Å²) < 4.78 is 25.5. The van der Waals surface area contributed by atoms with Gasteiger partial charge in [-0.3, -0.25) is 4.79 Å². The van der Waals surface area contributed by atoms with Gasteiger partial charge >= 0.3 is 5.97 Å². The van der Waals surface area contributed by atoms with Gasteiger partial charge in [-0.1, -0.05) is 11.8 Å². The number of aryl methyl sites for hydroxylation is 1. The third-order valence-electron chi connectivity index (χ3n) is 1.52. The summed E-state index contributed by atoms with van der Waals surface area (Å²) in [5.41, 5.74) is 0.600. The normalized spacial score (nSPS) is 10.9. The number of imidazole rings is 1. The van der Waals surface area contributed by atoms with Crippen LogP contribution in [0.3, 0.4) is 0 Å². The Morgan fingerprint density at radius 3 is 2.93 bits per heavy atom. The SMILES string of the molecule is Cc1cn(CC(F)F)c(SCC(=O)O)n1. The molecule has 4 nitrogen and oxygen atoms in total. The maximum Gasteiger partial charge on any atom is 0.313 e. The number of rotatable bonds is 5. The molecule has 0 saturated carbocycles. The third kappa shape index (κ3) is 3.86. The smallest absolute Gasteiger partial charge is 0.313 e. The van der Waals surface area contributed by atoms with Crippen LogP contribution in [-0.4, -0.2) is 32.8 Å². The predicted octanol–water partition coefficient (Wildman–Crippen LogP) is 1.63. The van der Waals surface area contributed by atoms with Gasteiger partial charge in [-0.15, -0.1) is 0 Å². The second-order valence-corrected chi connectivity index (χ2v) is 3.83. The van der Waals surface area contributed by atoms with Crippen molar-refractivity contribution in [2.45, 2.75) is 25.1 Å². The lowest BCUT2D eigenvalue weighted by molar-refractivity contribution is -0.133. The van der Waals surface area contributed by atoms with Gasteiger partial charge in [0.05, 0.1) is 18.0 Å². The van der Waals surface area contributed by atoms with Crippen molar-refractivity contribution in [2.24, 2.45) is 0 Å². The standard InChI is InChI=1S/C8H10F2N2O2S/c1-5-2-12(3-6(9)10)8(11-5)15-4-7(13)14/h2,6H,3-4H2,1H3,(H,13,14). The van der Waals surface area contributed by atoms with Gasteiger partial charge in [-0.2, -0.15) is 0 Å². The van der Waals surface area contributed by atoms with Crippen molar-refractivity contribution in [3.63, 3.8) is 0 Å². The first-order chi connectivity index (χ1) is 6.99. The van der Waals surface area contributed by atoms with E-state index in [1.165, 1.54) is 10.8 Å². The number of nitrogens with zero attached hydrogens (tertiary/aromatic N) is 2. The minimum Gasteiger partial charge on any atom is -0.481 e. The quantitative estimate of drug-likeness (QED) is 0.789. The molecule has 84 valence electrons. The van der Waals surface area contributed by atoms with E-state index in [0.29, 0.717) is 10.9 Å². The zero-order chi connectivity index (χ0) is 11.4. The van der Waals surface area contributed by atoms with Gasteiger partial charge in [0.25, 0.3) is 6.43 Å². The number of carbonyl (C=O) groups is 1. The molecule has 7 heteroatoms. The maximum absolute atomic E-state index is 12.1. The molecule has 0 atom stereocenters. The van der Waals surface area contributed by atoms with Crippen LogP contribution in [0.1, 0.15) is 5.69 Å². The third-order valence-corrected chi connectivity index (χ3v) is 2.50. The summed E-state index contributed by atoms with van der Waals surface area (Å²) in [5, 5.41) is 8.76. The zero-order valence-electron chi connectivity index (χ0n) is 7.98. The molecule has 1 heterocycles. The highest BCUT2D eigenvalue weighted by atomic mass is 32.2. The van der Waals surface area contributed by atoms with E-state index in [1.54, 1.807) is 6.92 Å². The molecule has 0 spiro atoms. The van der Waals surface area contributed by atoms with Gasteiger partial charge in [0.2, 0.25) is 0 Å². The highest BCUT2D eigenvalue weighted by Gasteiger charge is 2.12. The molecule has 0 amide bonds. The number of hydrogen-bond donors (Lipinski definition) is 1. The fourth-order valence-electron chi connectivity index (χ4n) is 1.05. The number of carboxylic acid groups (broad SMARTS) is 1. The summed E-state index contributed by atoms with van der Waals surface area (Å²) >= 11 is 0.937. The van der Waals surface area contributed by atoms with Gasteiger partial charge < -0.3 is 9.67 Å². The van der Waals surface area contributed by atoms with Gasteiger partial charge in [-0.25, -0.2) is 13.8 Å². The molecule has 0 aromatic carbocycles. The summed E-state index contributed by atoms with van der Waals surface area (Å²) in [6, 6.07) is 0. The largest absolute Gasteiger partial charge is 0.481 e. The molecule has 0 aliphatic rings. The molecule has 0 fully saturated rings. The van der Waals surface area contributed by atoms with Gasteiger partial charge in [0, 0.05) is 6.20 Å². The fraction of sp³-hybridized carbons (Fsp3) is 0.500. The molecule has 0 aliphatic carbocycles. The monoisotopic (exact) mass is 236 g/mol. The minimum absolute atomic E-state index is 0.181. The van der Waals surface area contributed by atoms with Crippen LogP contribution in [0.2, 0.25) is 0 Å². The molecule has 0 unspecified atom stereocenters. The Bertz CT molecular complexity index is 354. The van der Waals surface area contributed by atoms with Crippen LogP contribution >= 0.6 is 11.8 Å². The summed E-state index contributed by atoms with van der Waals surface area (Å²) in [5.74, 6) is -1.18. The van der Waals surface area contributed by atoms with Crippen LogP contribution in [0.4, 0.5) is 8.78 Å². The topological polar surface area (TPSA) is 55.1 Å². The molecule has 1 aromatic rings. The summed E-state index contributed by atoms with van der Waals surface area (Å²) in [7, 11) is 0. The Morgan fingerprint density at radius 2 is 2.40 bits per heavy atom. The van der Waals surface area contributed by atoms with Crippen molar-refractivity contribution in [2.75, 3.05) is 5.75 Å². The average Bonchev–Trinajstić information content (AvgIpc) is 2.41. The highest BCUT2D eigenvalue weighted by Crippen LogP contribution is 2.18. The maximum atomic E-state index is 12.1. The van der Waals surface area contributed by atoms with E-state index < -0.39 is 18.9 Å². The van der Waals surface area contributed by atoms with Gasteiger partial charge in [0.15, 0.2) is 5.16 Å². The molecular weight excluding hydrogens is 226 g/mol. The first kappa shape index (κ1) is 12.0. The Hall–Kier alpha value is -1.11. The molecule has 0 bridgehead atoms. The van der Waals surface area contributed by atoms with Crippen LogP contribution < -0.4 is 0 Å². The van der Waals surface area contributed by atoms with Gasteiger partial charge in [0.1, 0.15) is 0 Å². The lowest BCUT2D eigenvalue weighted by Gasteiger charge is -2.04. The van der Waals surface area contributed by atoms with Crippen LogP contribution in [0.15, 0.2) is 11.4 Å². The number of hydrogen-bond acceptors (Lipinski definition) is 3. The van der Waals surface area contributed by atoms with Crippen molar-refractivity contribution < 1.29 is 18.7 Å². The lowest BCUT2D eigenvalue weighted by atomic mass is 10.5. The molecule has 0 radical (unpaired) electrons. The molecule has 1 aromatic heterocycles. The van der Waals surface area contributed by atoms with Crippen molar-refractivity contribution in [3.8, 4) is 0 Å². The van der Waals surface area contributed by atoms with Crippen molar-refractivity contribution in [1.82, 2.24) is 9.55 Å². The van der Waals surface area contributed by atoms with Crippen molar-refractivity contribution in [3.05, 3.63) is 11.9 Å². The van der Waals surface area contributed by atoms with Crippen molar-refractivity contribution in [1.29, 1.82) is 0 Å². The van der Waals surface area contributed by atoms with E-state index in [0.717, 1.165) is 11.8 Å². The number of halogens is 2. The summed E-state index contributed by atoms with van der Waals surface area (Å²) in [6.07, 6.45) is -0.987. The van der Waals surface area contributed by atoms with E-state index in [2.05, 4.69) is 4.98 Å². The van der Waals surface area contributed by atoms with E-state index in [4.69, 9.17) is 5.11 Å². The molecular formula is C8H10F2N2O2S. The second-order valence-electron chi connectivity index (χ2n) is 2.89. The van der Waals surface area contributed by atoms with Crippen LogP contribution in [0.5, 0.6) is 0 Å². The van der Waals surface area contributed by atoms with E-state index in [9.17, 15) is 13.6 Å². The van der Waals surface area contributed by atoms with Gasteiger partial charge in [-0.05, 0) is 6.92 Å². The molecule has 0 saturated heterocycles. The number of aliphatic carboxylic acids is 1. The van der Waals surface area contributed by atoms with E-state index >= 15 is 0 Å². The lowest BCUT2D eigenvalue weighted by Crippen LogP contribution is -2.08. The highest BCUT2D eigenvalue weighted by molar-refractivity contribution is 7.99. The number of aromatic nitrogens is 2. The van der Waals surface area contributed by atoms with E-state index in [1.807, 2.05) is 0 Å². The minimum atomic E-state index is -2.47. The first-order valence-corrected chi connectivity index (χ1v) is 5.14. The second kappa shape index (κ2) is 5.11. The zero-order valence-corrected chi connectivity index (χ0v) is 8.80. The average molecular weight is 236 g/mol. The molecule has 1 N–H and O–H groups in total. The fourth-order valence-corrected chi connectivity index (χ4v) is 1.80. The predicted molar refractivity (Wildman–Crippen MR) is 51.3 cm³/mol. The molecule has 1 rings (SSSR count). The number of thioether (sulfide) groups is 1. The first-order valence-electron chi connectivity index (χ1n) is 4.15. The summed E-state index contributed by atoms with van der Waals surface area (Å²) in [4.78, 5) is 14.3. The molecule has 15 heavy (non-hydrogen) atoms. The Kier molecular flexibility index (Phi) is 4.07. The molecule has 0 aliphatic heterocycles. The number of alkyl halides is 2. The van der Waals surface area contributed by atoms with Crippen molar-refractivity contribution >= 4 is 17.7 Å². The Morgan fingerprint density at radius 1 is 1.73 bits per heavy atom. The Labute approximate surface area is 89.3 Å². The van der Waals surface area contributed by atoms with E-state index in [-0.39, 0.29) is 5.75 Å². The van der Waals surface area contributed by atoms with Crippen LogP contribution in [-0.2, 0) is 11.3 Å². The van der Waals surface area contributed by atoms with Crippen LogP contribution in [0, 0.1) is 6.92 Å². The summed E-state index contributed by atoms with van der Waals surface area (Å²) in [6.45, 7) is 1.22. The number of carboxylic acids is 1. The van der Waals surface area contributed by atoms with Crippen LogP contribution in [0.25, 0.3) is 0 Å².